The number of hydroxylamine groups is 1. The van der Waals surface area contributed by atoms with Crippen LogP contribution in [0.15, 0.2) is 30.3 Å². The van der Waals surface area contributed by atoms with Crippen LogP contribution in [0.2, 0.25) is 0 Å². The van der Waals surface area contributed by atoms with E-state index in [1.54, 1.807) is 10.4 Å². The molecule has 1 aromatic carbocycles. The zero-order valence-electron chi connectivity index (χ0n) is 13.2. The van der Waals surface area contributed by atoms with Crippen LogP contribution in [-0.2, 0) is 16.1 Å². The van der Waals surface area contributed by atoms with Crippen molar-refractivity contribution < 1.29 is 19.5 Å². The van der Waals surface area contributed by atoms with Gasteiger partial charge >= 0.3 is 6.09 Å². The molecule has 2 amide bonds. The van der Waals surface area contributed by atoms with E-state index < -0.39 is 0 Å². The van der Waals surface area contributed by atoms with E-state index in [-0.39, 0.29) is 12.0 Å². The monoisotopic (exact) mass is 320 g/mol. The fourth-order valence-corrected chi connectivity index (χ4v) is 2.82. The highest BCUT2D eigenvalue weighted by atomic mass is 16.6. The number of piperidine rings is 1. The van der Waals surface area contributed by atoms with E-state index in [4.69, 9.17) is 9.94 Å². The number of carbonyl (C=O) groups excluding carboxylic acids is 2. The molecule has 6 nitrogen and oxygen atoms in total. The Kier molecular flexibility index (Phi) is 6.87. The molecule has 0 spiro atoms. The third-order valence-electron chi connectivity index (χ3n) is 4.22. The molecule has 1 fully saturated rings. The third-order valence-corrected chi connectivity index (χ3v) is 4.22. The number of nitrogens with one attached hydrogen (secondary N) is 1. The summed E-state index contributed by atoms with van der Waals surface area (Å²) in [5.41, 5.74) is 2.63. The van der Waals surface area contributed by atoms with Crippen molar-refractivity contribution >= 4 is 12.0 Å². The minimum Gasteiger partial charge on any atom is -0.445 e. The first kappa shape index (κ1) is 17.3. The largest absolute Gasteiger partial charge is 0.445 e. The molecule has 6 heteroatoms. The van der Waals surface area contributed by atoms with E-state index in [1.165, 1.54) is 0 Å². The van der Waals surface area contributed by atoms with Gasteiger partial charge in [0.25, 0.3) is 0 Å². The first-order valence-electron chi connectivity index (χ1n) is 8.07. The minimum absolute atomic E-state index is 0.257. The average Bonchev–Trinajstić information content (AvgIpc) is 2.61. The fraction of sp³-hybridized carbons (Fsp3) is 0.529. The number of carbonyl (C=O) groups is 2. The minimum atomic E-state index is -0.341. The third kappa shape index (κ3) is 5.90. The Bertz CT molecular complexity index is 499. The summed E-state index contributed by atoms with van der Waals surface area (Å²) in [5, 5.41) is 8.44. The summed E-state index contributed by atoms with van der Waals surface area (Å²) in [6, 6.07) is 9.64. The highest BCUT2D eigenvalue weighted by molar-refractivity contribution is 5.74. The number of nitrogens with zero attached hydrogens (tertiary/aromatic N) is 1. The molecule has 23 heavy (non-hydrogen) atoms. The lowest BCUT2D eigenvalue weighted by Gasteiger charge is -2.31. The van der Waals surface area contributed by atoms with Crippen molar-refractivity contribution in [3.05, 3.63) is 35.9 Å². The first-order valence-corrected chi connectivity index (χ1v) is 8.07. The Balaban J connectivity index is 1.63. The van der Waals surface area contributed by atoms with Crippen molar-refractivity contribution in [3.63, 3.8) is 0 Å². The fourth-order valence-electron chi connectivity index (χ4n) is 2.82. The summed E-state index contributed by atoms with van der Waals surface area (Å²) in [6.45, 7) is 1.70. The molecule has 0 bridgehead atoms. The van der Waals surface area contributed by atoms with Gasteiger partial charge in [0.05, 0.1) is 0 Å². The van der Waals surface area contributed by atoms with Gasteiger partial charge in [-0.05, 0) is 37.2 Å². The number of benzene rings is 1. The normalized spacial score (nSPS) is 15.3. The van der Waals surface area contributed by atoms with Crippen LogP contribution in [0.3, 0.4) is 0 Å². The van der Waals surface area contributed by atoms with Gasteiger partial charge in [-0.3, -0.25) is 10.0 Å². The van der Waals surface area contributed by atoms with Crippen LogP contribution in [0, 0.1) is 5.92 Å². The lowest BCUT2D eigenvalue weighted by atomic mass is 9.92. The summed E-state index contributed by atoms with van der Waals surface area (Å²) in [7, 11) is 0. The SMILES string of the molecule is O=C(CCCC1CCN(C(=O)OCc2ccccc2)CC1)NO. The van der Waals surface area contributed by atoms with Crippen molar-refractivity contribution in [1.29, 1.82) is 0 Å². The van der Waals surface area contributed by atoms with Crippen LogP contribution < -0.4 is 5.48 Å². The lowest BCUT2D eigenvalue weighted by Crippen LogP contribution is -2.38. The second kappa shape index (κ2) is 9.15. The summed E-state index contributed by atoms with van der Waals surface area (Å²) < 4.78 is 5.34. The number of hydrogen-bond acceptors (Lipinski definition) is 4. The predicted molar refractivity (Wildman–Crippen MR) is 84.7 cm³/mol. The van der Waals surface area contributed by atoms with Gasteiger partial charge < -0.3 is 9.64 Å². The van der Waals surface area contributed by atoms with E-state index in [1.807, 2.05) is 30.3 Å². The molecule has 0 unspecified atom stereocenters. The van der Waals surface area contributed by atoms with Crippen molar-refractivity contribution in [2.75, 3.05) is 13.1 Å². The predicted octanol–water partition coefficient (Wildman–Crippen LogP) is 2.71. The van der Waals surface area contributed by atoms with Gasteiger partial charge in [0, 0.05) is 19.5 Å². The zero-order valence-corrected chi connectivity index (χ0v) is 13.2. The Morgan fingerprint density at radius 1 is 1.22 bits per heavy atom. The Morgan fingerprint density at radius 3 is 2.57 bits per heavy atom. The number of hydrogen-bond donors (Lipinski definition) is 2. The molecule has 1 saturated heterocycles. The van der Waals surface area contributed by atoms with Crippen molar-refractivity contribution in [2.24, 2.45) is 5.92 Å². The van der Waals surface area contributed by atoms with Gasteiger partial charge in [-0.15, -0.1) is 0 Å². The van der Waals surface area contributed by atoms with Gasteiger partial charge in [-0.2, -0.15) is 0 Å². The summed E-state index contributed by atoms with van der Waals surface area (Å²) >= 11 is 0. The highest BCUT2D eigenvalue weighted by Crippen LogP contribution is 2.23. The van der Waals surface area contributed by atoms with E-state index in [2.05, 4.69) is 0 Å². The Labute approximate surface area is 136 Å². The molecular formula is C17H24N2O4. The Hall–Kier alpha value is -2.08. The molecular weight excluding hydrogens is 296 g/mol. The number of rotatable bonds is 6. The zero-order chi connectivity index (χ0) is 16.5. The molecule has 1 aliphatic heterocycles. The van der Waals surface area contributed by atoms with E-state index in [0.717, 1.165) is 31.2 Å². The molecule has 0 aromatic heterocycles. The van der Waals surface area contributed by atoms with Crippen molar-refractivity contribution in [1.82, 2.24) is 10.4 Å². The van der Waals surface area contributed by atoms with Crippen LogP contribution in [0.4, 0.5) is 4.79 Å². The van der Waals surface area contributed by atoms with Crippen LogP contribution in [-0.4, -0.2) is 35.2 Å². The van der Waals surface area contributed by atoms with Crippen LogP contribution in [0.1, 0.15) is 37.7 Å². The first-order chi connectivity index (χ1) is 11.2. The maximum Gasteiger partial charge on any atom is 0.410 e. The molecule has 0 aliphatic carbocycles. The van der Waals surface area contributed by atoms with Gasteiger partial charge in [0.15, 0.2) is 0 Å². The maximum absolute atomic E-state index is 12.0. The molecule has 1 heterocycles. The smallest absolute Gasteiger partial charge is 0.410 e. The molecule has 0 saturated carbocycles. The van der Waals surface area contributed by atoms with Crippen LogP contribution >= 0.6 is 0 Å². The second-order valence-electron chi connectivity index (χ2n) is 5.90. The molecule has 126 valence electrons. The topological polar surface area (TPSA) is 78.9 Å². The maximum atomic E-state index is 12.0. The van der Waals surface area contributed by atoms with Gasteiger partial charge in [0.2, 0.25) is 5.91 Å². The van der Waals surface area contributed by atoms with E-state index >= 15 is 0 Å². The standard InChI is InChI=1S/C17H24N2O4/c20-16(18-22)8-4-7-14-9-11-19(12-10-14)17(21)23-13-15-5-2-1-3-6-15/h1-3,5-6,14,22H,4,7-13H2,(H,18,20). The molecule has 2 N–H and O–H groups in total. The molecule has 2 rings (SSSR count). The van der Waals surface area contributed by atoms with Gasteiger partial charge in [-0.1, -0.05) is 30.3 Å². The Morgan fingerprint density at radius 2 is 1.91 bits per heavy atom. The van der Waals surface area contributed by atoms with Crippen molar-refractivity contribution in [3.8, 4) is 0 Å². The molecule has 1 aliphatic rings. The number of likely N-dealkylation sites (tertiary alicyclic amines) is 1. The van der Waals surface area contributed by atoms with Crippen LogP contribution in [0.5, 0.6) is 0 Å². The van der Waals surface area contributed by atoms with Gasteiger partial charge in [0.1, 0.15) is 6.61 Å². The summed E-state index contributed by atoms with van der Waals surface area (Å²) in [5.74, 6) is 0.187. The second-order valence-corrected chi connectivity index (χ2v) is 5.90. The number of amides is 2. The van der Waals surface area contributed by atoms with E-state index in [9.17, 15) is 9.59 Å². The molecule has 1 aromatic rings. The summed E-state index contributed by atoms with van der Waals surface area (Å²) in [4.78, 5) is 24.7. The number of ether oxygens (including phenoxy) is 1. The quantitative estimate of drug-likeness (QED) is 0.624. The lowest BCUT2D eigenvalue weighted by molar-refractivity contribution is -0.129. The highest BCUT2D eigenvalue weighted by Gasteiger charge is 2.23. The molecule has 0 atom stereocenters. The van der Waals surface area contributed by atoms with Crippen LogP contribution in [0.25, 0.3) is 0 Å². The van der Waals surface area contributed by atoms with E-state index in [0.29, 0.717) is 32.0 Å². The van der Waals surface area contributed by atoms with Crippen molar-refractivity contribution in [2.45, 2.75) is 38.7 Å². The average molecular weight is 320 g/mol. The molecule has 0 radical (unpaired) electrons. The summed E-state index contributed by atoms with van der Waals surface area (Å²) in [6.07, 6.45) is 3.65. The van der Waals surface area contributed by atoms with Gasteiger partial charge in [-0.25, -0.2) is 10.3 Å².